The molecule has 27 heavy (non-hydrogen) atoms. The predicted octanol–water partition coefficient (Wildman–Crippen LogP) is 3.77. The van der Waals surface area contributed by atoms with Crippen LogP contribution in [0.5, 0.6) is 0 Å². The molecule has 2 heterocycles. The van der Waals surface area contributed by atoms with Crippen LogP contribution >= 0.6 is 0 Å². The van der Waals surface area contributed by atoms with E-state index in [0.29, 0.717) is 17.1 Å². The lowest BCUT2D eigenvalue weighted by atomic mass is 9.65. The van der Waals surface area contributed by atoms with Crippen LogP contribution in [0, 0.1) is 11.6 Å². The van der Waals surface area contributed by atoms with Gasteiger partial charge in [-0.05, 0) is 48.7 Å². The maximum atomic E-state index is 14.3. The minimum absolute atomic E-state index is 0.00862. The summed E-state index contributed by atoms with van der Waals surface area (Å²) in [5.74, 6) is -1.37. The van der Waals surface area contributed by atoms with Gasteiger partial charge in [0.2, 0.25) is 5.91 Å². The Morgan fingerprint density at radius 3 is 2.67 bits per heavy atom. The second kappa shape index (κ2) is 5.39. The number of benzene rings is 2. The summed E-state index contributed by atoms with van der Waals surface area (Å²) in [7, 11) is 0. The summed E-state index contributed by atoms with van der Waals surface area (Å²) in [4.78, 5) is 12.5. The number of fused-ring (bicyclic) bond motifs is 2. The third-order valence-electron chi connectivity index (χ3n) is 5.64. The van der Waals surface area contributed by atoms with Crippen LogP contribution in [0.1, 0.15) is 24.8 Å². The number of hydrogen-bond acceptors (Lipinski definition) is 3. The first kappa shape index (κ1) is 16.0. The Labute approximate surface area is 153 Å². The molecule has 1 spiro atoms. The van der Waals surface area contributed by atoms with Crippen molar-refractivity contribution in [3.8, 4) is 16.9 Å². The summed E-state index contributed by atoms with van der Waals surface area (Å²) in [6.07, 6.45) is 4.13. The second-order valence-electron chi connectivity index (χ2n) is 7.10. The molecule has 7 heteroatoms. The first-order valence-corrected chi connectivity index (χ1v) is 8.75. The average Bonchev–Trinajstić information content (AvgIpc) is 3.16. The van der Waals surface area contributed by atoms with Gasteiger partial charge in [0.1, 0.15) is 11.5 Å². The summed E-state index contributed by atoms with van der Waals surface area (Å²) in [6, 6.07) is 8.76. The predicted molar refractivity (Wildman–Crippen MR) is 97.5 cm³/mol. The van der Waals surface area contributed by atoms with Crippen LogP contribution in [-0.2, 0) is 10.2 Å². The van der Waals surface area contributed by atoms with Crippen molar-refractivity contribution in [3.63, 3.8) is 0 Å². The monoisotopic (exact) mass is 366 g/mol. The quantitative estimate of drug-likeness (QED) is 0.678. The number of nitrogens with two attached hydrogens (primary N) is 1. The molecule has 5 rings (SSSR count). The molecule has 3 N–H and O–H groups in total. The Hall–Kier alpha value is -3.22. The molecule has 0 atom stereocenters. The second-order valence-corrected chi connectivity index (χ2v) is 7.10. The molecule has 2 aliphatic rings. The molecule has 0 bridgehead atoms. The Kier molecular flexibility index (Phi) is 3.19. The van der Waals surface area contributed by atoms with Crippen LogP contribution in [0.2, 0.25) is 0 Å². The Bertz CT molecular complexity index is 1100. The molecule has 0 unspecified atom stereocenters. The average molecular weight is 366 g/mol. The van der Waals surface area contributed by atoms with Crippen molar-refractivity contribution in [2.75, 3.05) is 11.1 Å². The van der Waals surface area contributed by atoms with Crippen LogP contribution in [0.15, 0.2) is 42.6 Å². The van der Waals surface area contributed by atoms with E-state index in [9.17, 15) is 13.6 Å². The molecule has 0 saturated heterocycles. The lowest BCUT2D eigenvalue weighted by Gasteiger charge is -2.36. The maximum Gasteiger partial charge on any atom is 0.235 e. The molecular formula is C20H16F2N4O. The number of anilines is 2. The molecule has 1 aliphatic carbocycles. The smallest absolute Gasteiger partial charge is 0.235 e. The summed E-state index contributed by atoms with van der Waals surface area (Å²) in [5, 5.41) is 7.10. The molecule has 3 aromatic rings. The van der Waals surface area contributed by atoms with Crippen molar-refractivity contribution in [2.45, 2.75) is 24.7 Å². The lowest BCUT2D eigenvalue weighted by molar-refractivity contribution is -0.123. The standard InChI is InChI=1S/C20H16F2N4O/c21-12-2-3-17(14(22)10-12)26-16(4-7-24-26)11-8-13-18(15(23)9-11)25-19(27)20(13)5-1-6-20/h2-4,7-10H,1,5-6,23H2,(H,25,27). The topological polar surface area (TPSA) is 72.9 Å². The van der Waals surface area contributed by atoms with Gasteiger partial charge in [0.15, 0.2) is 5.82 Å². The summed E-state index contributed by atoms with van der Waals surface area (Å²) in [6.45, 7) is 0. The lowest BCUT2D eigenvalue weighted by Crippen LogP contribution is -2.40. The van der Waals surface area contributed by atoms with Gasteiger partial charge >= 0.3 is 0 Å². The van der Waals surface area contributed by atoms with Gasteiger partial charge in [-0.1, -0.05) is 6.42 Å². The molecule has 1 saturated carbocycles. The minimum Gasteiger partial charge on any atom is -0.397 e. The highest BCUT2D eigenvalue weighted by atomic mass is 19.1. The Balaban J connectivity index is 1.67. The van der Waals surface area contributed by atoms with E-state index in [1.54, 1.807) is 18.3 Å². The highest BCUT2D eigenvalue weighted by molar-refractivity contribution is 6.10. The molecule has 1 fully saturated rings. The molecule has 5 nitrogen and oxygen atoms in total. The first-order chi connectivity index (χ1) is 13.0. The number of carbonyl (C=O) groups excluding carboxylic acids is 1. The summed E-state index contributed by atoms with van der Waals surface area (Å²) in [5.41, 5.74) is 9.21. The van der Waals surface area contributed by atoms with Gasteiger partial charge in [-0.2, -0.15) is 5.10 Å². The van der Waals surface area contributed by atoms with Crippen LogP contribution in [0.25, 0.3) is 16.9 Å². The third kappa shape index (κ3) is 2.14. The summed E-state index contributed by atoms with van der Waals surface area (Å²) >= 11 is 0. The number of aromatic nitrogens is 2. The first-order valence-electron chi connectivity index (χ1n) is 8.75. The Morgan fingerprint density at radius 2 is 1.96 bits per heavy atom. The number of amides is 1. The van der Waals surface area contributed by atoms with Crippen molar-refractivity contribution < 1.29 is 13.6 Å². The van der Waals surface area contributed by atoms with Gasteiger partial charge < -0.3 is 11.1 Å². The fourth-order valence-electron chi connectivity index (χ4n) is 4.08. The number of halogens is 2. The zero-order chi connectivity index (χ0) is 18.8. The van der Waals surface area contributed by atoms with E-state index in [1.165, 1.54) is 16.8 Å². The largest absolute Gasteiger partial charge is 0.397 e. The maximum absolute atomic E-state index is 14.3. The van der Waals surface area contributed by atoms with E-state index >= 15 is 0 Å². The van der Waals surface area contributed by atoms with E-state index < -0.39 is 17.0 Å². The van der Waals surface area contributed by atoms with E-state index in [2.05, 4.69) is 10.4 Å². The van der Waals surface area contributed by atoms with E-state index in [4.69, 9.17) is 5.73 Å². The zero-order valence-electron chi connectivity index (χ0n) is 14.3. The van der Waals surface area contributed by atoms with Gasteiger partial charge in [0, 0.05) is 11.6 Å². The van der Waals surface area contributed by atoms with Crippen LogP contribution in [0.3, 0.4) is 0 Å². The van der Waals surface area contributed by atoms with Gasteiger partial charge in [-0.3, -0.25) is 4.79 Å². The molecule has 1 aliphatic heterocycles. The normalized spacial score (nSPS) is 16.9. The highest BCUT2D eigenvalue weighted by Gasteiger charge is 2.51. The number of nitrogens with zero attached hydrogens (tertiary/aromatic N) is 2. The molecular weight excluding hydrogens is 350 g/mol. The molecule has 2 aromatic carbocycles. The van der Waals surface area contributed by atoms with Crippen molar-refractivity contribution >= 4 is 17.3 Å². The molecule has 1 aromatic heterocycles. The van der Waals surface area contributed by atoms with Crippen molar-refractivity contribution in [1.82, 2.24) is 9.78 Å². The minimum atomic E-state index is -0.707. The van der Waals surface area contributed by atoms with E-state index in [0.717, 1.165) is 36.5 Å². The highest BCUT2D eigenvalue weighted by Crippen LogP contribution is 2.53. The van der Waals surface area contributed by atoms with E-state index in [-0.39, 0.29) is 11.6 Å². The molecule has 136 valence electrons. The third-order valence-corrected chi connectivity index (χ3v) is 5.64. The van der Waals surface area contributed by atoms with Gasteiger partial charge in [0.25, 0.3) is 0 Å². The number of rotatable bonds is 2. The van der Waals surface area contributed by atoms with Crippen molar-refractivity contribution in [2.24, 2.45) is 0 Å². The van der Waals surface area contributed by atoms with Crippen LogP contribution in [0.4, 0.5) is 20.2 Å². The number of hydrogen-bond donors (Lipinski definition) is 2. The van der Waals surface area contributed by atoms with Gasteiger partial charge in [-0.15, -0.1) is 0 Å². The Morgan fingerprint density at radius 1 is 1.15 bits per heavy atom. The fourth-order valence-corrected chi connectivity index (χ4v) is 4.08. The number of nitrogens with one attached hydrogen (secondary N) is 1. The number of nitrogen functional groups attached to an aromatic ring is 1. The SMILES string of the molecule is Nc1cc(-c2ccnn2-c2ccc(F)cc2F)cc2c1NC(=O)C21CCC1. The van der Waals surface area contributed by atoms with Gasteiger partial charge in [-0.25, -0.2) is 13.5 Å². The molecule has 0 radical (unpaired) electrons. The van der Waals surface area contributed by atoms with Gasteiger partial charge in [0.05, 0.1) is 28.7 Å². The fraction of sp³-hybridized carbons (Fsp3) is 0.200. The van der Waals surface area contributed by atoms with Crippen molar-refractivity contribution in [3.05, 3.63) is 59.8 Å². The van der Waals surface area contributed by atoms with Crippen molar-refractivity contribution in [1.29, 1.82) is 0 Å². The summed E-state index contributed by atoms with van der Waals surface area (Å²) < 4.78 is 28.9. The van der Waals surface area contributed by atoms with E-state index in [1.807, 2.05) is 6.07 Å². The van der Waals surface area contributed by atoms with Crippen LogP contribution < -0.4 is 11.1 Å². The zero-order valence-corrected chi connectivity index (χ0v) is 14.3. The number of carbonyl (C=O) groups is 1. The van der Waals surface area contributed by atoms with Crippen LogP contribution in [-0.4, -0.2) is 15.7 Å². The molecule has 1 amide bonds.